The number of hydrogen-bond acceptors (Lipinski definition) is 5. The minimum absolute atomic E-state index is 0.0144. The first-order chi connectivity index (χ1) is 10.6. The van der Waals surface area contributed by atoms with Crippen LogP contribution >= 0.6 is 0 Å². The number of pyridine rings is 2. The van der Waals surface area contributed by atoms with E-state index in [1.165, 1.54) is 0 Å². The zero-order valence-corrected chi connectivity index (χ0v) is 12.9. The molecule has 2 aromatic rings. The van der Waals surface area contributed by atoms with Gasteiger partial charge in [-0.2, -0.15) is 0 Å². The van der Waals surface area contributed by atoms with Crippen LogP contribution < -0.4 is 10.0 Å². The minimum Gasteiger partial charge on any atom is -0.311 e. The van der Waals surface area contributed by atoms with Crippen LogP contribution in [-0.4, -0.2) is 36.7 Å². The lowest BCUT2D eigenvalue weighted by Crippen LogP contribution is -2.35. The lowest BCUT2D eigenvalue weighted by molar-refractivity contribution is 0.543. The van der Waals surface area contributed by atoms with Crippen LogP contribution in [-0.2, 0) is 16.6 Å². The van der Waals surface area contributed by atoms with Gasteiger partial charge in [-0.25, -0.2) is 13.1 Å². The van der Waals surface area contributed by atoms with Crippen LogP contribution in [0.3, 0.4) is 0 Å². The van der Waals surface area contributed by atoms with Crippen LogP contribution in [0, 0.1) is 0 Å². The molecule has 0 aromatic carbocycles. The van der Waals surface area contributed by atoms with Crippen molar-refractivity contribution in [2.75, 3.05) is 12.3 Å². The monoisotopic (exact) mass is 318 g/mol. The third kappa shape index (κ3) is 3.88. The molecule has 1 saturated heterocycles. The molecule has 7 heteroatoms. The summed E-state index contributed by atoms with van der Waals surface area (Å²) in [5.74, 6) is 0.220. The van der Waals surface area contributed by atoms with Gasteiger partial charge in [-0.15, -0.1) is 0 Å². The summed E-state index contributed by atoms with van der Waals surface area (Å²) in [4.78, 5) is 8.37. The van der Waals surface area contributed by atoms with Crippen LogP contribution in [0.15, 0.2) is 43.0 Å². The first kappa shape index (κ1) is 15.1. The predicted octanol–water partition coefficient (Wildman–Crippen LogP) is 0.925. The maximum absolute atomic E-state index is 11.3. The van der Waals surface area contributed by atoms with Crippen molar-refractivity contribution in [3.63, 3.8) is 0 Å². The average Bonchev–Trinajstić information content (AvgIpc) is 2.88. The number of nitrogens with zero attached hydrogens (tertiary/aromatic N) is 2. The van der Waals surface area contributed by atoms with Gasteiger partial charge in [0.15, 0.2) is 0 Å². The lowest BCUT2D eigenvalue weighted by Gasteiger charge is -2.11. The maximum atomic E-state index is 11.3. The Kier molecular flexibility index (Phi) is 4.47. The highest BCUT2D eigenvalue weighted by Crippen LogP contribution is 2.17. The molecule has 1 unspecified atom stereocenters. The molecular weight excluding hydrogens is 300 g/mol. The average molecular weight is 318 g/mol. The number of hydrogen-bond donors (Lipinski definition) is 2. The standard InChI is InChI=1S/C15H18N4O2S/c20-22(21)5-3-15(19-22)11-18-8-12-6-14(10-17-7-12)13-2-1-4-16-9-13/h1-2,4,6-7,9-10,15,18-19H,3,5,8,11H2. The highest BCUT2D eigenvalue weighted by atomic mass is 32.2. The van der Waals surface area contributed by atoms with E-state index in [4.69, 9.17) is 0 Å². The Morgan fingerprint density at radius 2 is 2.09 bits per heavy atom. The fourth-order valence-corrected chi connectivity index (χ4v) is 3.90. The molecule has 0 spiro atoms. The van der Waals surface area contributed by atoms with E-state index >= 15 is 0 Å². The van der Waals surface area contributed by atoms with E-state index in [0.29, 0.717) is 19.5 Å². The first-order valence-electron chi connectivity index (χ1n) is 7.17. The van der Waals surface area contributed by atoms with Crippen molar-refractivity contribution in [1.29, 1.82) is 0 Å². The van der Waals surface area contributed by atoms with Gasteiger partial charge in [0.1, 0.15) is 0 Å². The molecule has 6 nitrogen and oxygen atoms in total. The molecule has 22 heavy (non-hydrogen) atoms. The molecule has 0 aliphatic carbocycles. The van der Waals surface area contributed by atoms with Crippen molar-refractivity contribution in [1.82, 2.24) is 20.0 Å². The second kappa shape index (κ2) is 6.51. The molecule has 3 heterocycles. The third-order valence-corrected chi connectivity index (χ3v) is 5.06. The van der Waals surface area contributed by atoms with Crippen LogP contribution in [0.4, 0.5) is 0 Å². The maximum Gasteiger partial charge on any atom is 0.211 e. The molecule has 3 rings (SSSR count). The van der Waals surface area contributed by atoms with E-state index in [0.717, 1.165) is 16.7 Å². The normalized spacial score (nSPS) is 20.1. The predicted molar refractivity (Wildman–Crippen MR) is 84.5 cm³/mol. The van der Waals surface area contributed by atoms with E-state index < -0.39 is 10.0 Å². The second-order valence-corrected chi connectivity index (χ2v) is 7.25. The van der Waals surface area contributed by atoms with E-state index in [-0.39, 0.29) is 11.8 Å². The quantitative estimate of drug-likeness (QED) is 0.856. The van der Waals surface area contributed by atoms with Gasteiger partial charge < -0.3 is 5.32 Å². The number of aromatic nitrogens is 2. The van der Waals surface area contributed by atoms with Crippen molar-refractivity contribution in [3.05, 3.63) is 48.5 Å². The molecule has 0 saturated carbocycles. The van der Waals surface area contributed by atoms with E-state index in [2.05, 4.69) is 26.1 Å². The van der Waals surface area contributed by atoms with Crippen LogP contribution in [0.5, 0.6) is 0 Å². The molecule has 1 aliphatic rings. The summed E-state index contributed by atoms with van der Waals surface area (Å²) in [5, 5.41) is 3.28. The topological polar surface area (TPSA) is 84.0 Å². The fourth-order valence-electron chi connectivity index (χ4n) is 2.48. The summed E-state index contributed by atoms with van der Waals surface area (Å²) in [6.45, 7) is 1.27. The van der Waals surface area contributed by atoms with E-state index in [9.17, 15) is 8.42 Å². The van der Waals surface area contributed by atoms with Gasteiger partial charge in [-0.3, -0.25) is 9.97 Å². The second-order valence-electron chi connectivity index (χ2n) is 5.38. The van der Waals surface area contributed by atoms with Crippen LogP contribution in [0.1, 0.15) is 12.0 Å². The summed E-state index contributed by atoms with van der Waals surface area (Å²) in [7, 11) is -3.04. The van der Waals surface area contributed by atoms with Gasteiger partial charge >= 0.3 is 0 Å². The fraction of sp³-hybridized carbons (Fsp3) is 0.333. The summed E-state index contributed by atoms with van der Waals surface area (Å²) in [5.41, 5.74) is 3.11. The van der Waals surface area contributed by atoms with E-state index in [1.807, 2.05) is 30.7 Å². The molecule has 0 radical (unpaired) electrons. The van der Waals surface area contributed by atoms with Crippen molar-refractivity contribution >= 4 is 10.0 Å². The smallest absolute Gasteiger partial charge is 0.211 e. The molecule has 1 atom stereocenters. The zero-order valence-electron chi connectivity index (χ0n) is 12.1. The van der Waals surface area contributed by atoms with Crippen molar-refractivity contribution in [3.8, 4) is 11.1 Å². The molecule has 2 N–H and O–H groups in total. The van der Waals surface area contributed by atoms with E-state index in [1.54, 1.807) is 6.20 Å². The summed E-state index contributed by atoms with van der Waals surface area (Å²) in [6, 6.07) is 5.94. The highest BCUT2D eigenvalue weighted by Gasteiger charge is 2.25. The van der Waals surface area contributed by atoms with Gasteiger partial charge in [0.25, 0.3) is 0 Å². The first-order valence-corrected chi connectivity index (χ1v) is 8.83. The largest absolute Gasteiger partial charge is 0.311 e. The van der Waals surface area contributed by atoms with Gasteiger partial charge in [0, 0.05) is 55.0 Å². The van der Waals surface area contributed by atoms with Gasteiger partial charge in [0.2, 0.25) is 10.0 Å². The summed E-state index contributed by atoms with van der Waals surface area (Å²) >= 11 is 0. The Balaban J connectivity index is 1.57. The summed E-state index contributed by atoms with van der Waals surface area (Å²) < 4.78 is 25.3. The highest BCUT2D eigenvalue weighted by molar-refractivity contribution is 7.89. The SMILES string of the molecule is O=S1(=O)CCC(CNCc2cncc(-c3cccnc3)c2)N1. The zero-order chi connectivity index (χ0) is 15.4. The van der Waals surface area contributed by atoms with Crippen LogP contribution in [0.25, 0.3) is 11.1 Å². The Morgan fingerprint density at radius 3 is 2.82 bits per heavy atom. The van der Waals surface area contributed by atoms with Gasteiger partial charge in [0.05, 0.1) is 5.75 Å². The van der Waals surface area contributed by atoms with Gasteiger partial charge in [-0.1, -0.05) is 6.07 Å². The molecule has 0 amide bonds. The Labute approximate surface area is 130 Å². The molecule has 2 aromatic heterocycles. The Bertz CT molecular complexity index is 734. The van der Waals surface area contributed by atoms with Crippen molar-refractivity contribution in [2.45, 2.75) is 19.0 Å². The minimum atomic E-state index is -3.04. The lowest BCUT2D eigenvalue weighted by atomic mass is 10.1. The van der Waals surface area contributed by atoms with Crippen molar-refractivity contribution < 1.29 is 8.42 Å². The number of nitrogens with one attached hydrogen (secondary N) is 2. The molecule has 1 fully saturated rings. The van der Waals surface area contributed by atoms with Gasteiger partial charge in [-0.05, 0) is 24.1 Å². The number of sulfonamides is 1. The third-order valence-electron chi connectivity index (χ3n) is 3.59. The Morgan fingerprint density at radius 1 is 1.23 bits per heavy atom. The molecular formula is C15H18N4O2S. The van der Waals surface area contributed by atoms with Crippen molar-refractivity contribution in [2.24, 2.45) is 0 Å². The Hall–Kier alpha value is -1.83. The summed E-state index contributed by atoms with van der Waals surface area (Å²) in [6.07, 6.45) is 7.83. The molecule has 116 valence electrons. The number of rotatable bonds is 5. The molecule has 1 aliphatic heterocycles. The molecule has 0 bridgehead atoms. The van der Waals surface area contributed by atoms with Crippen LogP contribution in [0.2, 0.25) is 0 Å².